The molecule has 16 heavy (non-hydrogen) atoms. The van der Waals surface area contributed by atoms with E-state index in [9.17, 15) is 4.79 Å². The molecule has 2 unspecified atom stereocenters. The maximum absolute atomic E-state index is 12.5. The van der Waals surface area contributed by atoms with Crippen LogP contribution in [-0.4, -0.2) is 54.6 Å². The molecule has 4 bridgehead atoms. The fourth-order valence-corrected chi connectivity index (χ4v) is 4.78. The van der Waals surface area contributed by atoms with E-state index < -0.39 is 0 Å². The molecule has 3 heteroatoms. The maximum Gasteiger partial charge on any atom is 0.158 e. The van der Waals surface area contributed by atoms with Gasteiger partial charge in [-0.2, -0.15) is 0 Å². The van der Waals surface area contributed by atoms with Crippen LogP contribution in [0.2, 0.25) is 0 Å². The smallest absolute Gasteiger partial charge is 0.158 e. The summed E-state index contributed by atoms with van der Waals surface area (Å²) in [5.74, 6) is 0.508. The molecule has 88 valence electrons. The Labute approximate surface area is 97.3 Å². The summed E-state index contributed by atoms with van der Waals surface area (Å²) in [5, 5.41) is 0. The summed E-state index contributed by atoms with van der Waals surface area (Å²) >= 11 is 0. The summed E-state index contributed by atoms with van der Waals surface area (Å²) in [5.41, 5.74) is -0.209. The number of hydrogen-bond acceptors (Lipinski definition) is 2. The topological polar surface area (TPSA) is 20.3 Å². The molecule has 0 saturated carbocycles. The van der Waals surface area contributed by atoms with Crippen LogP contribution in [0.15, 0.2) is 12.7 Å². The molecule has 0 aromatic rings. The van der Waals surface area contributed by atoms with Gasteiger partial charge in [-0.15, -0.1) is 0 Å². The first kappa shape index (κ1) is 10.5. The van der Waals surface area contributed by atoms with E-state index in [1.54, 1.807) is 0 Å². The molecule has 4 saturated heterocycles. The van der Waals surface area contributed by atoms with Gasteiger partial charge in [0.2, 0.25) is 0 Å². The van der Waals surface area contributed by atoms with Crippen LogP contribution in [0.1, 0.15) is 13.8 Å². The normalized spacial score (nSPS) is 54.4. The molecule has 4 fully saturated rings. The van der Waals surface area contributed by atoms with Crippen molar-refractivity contribution in [3.05, 3.63) is 12.7 Å². The van der Waals surface area contributed by atoms with E-state index in [2.05, 4.69) is 25.3 Å². The lowest BCUT2D eigenvalue weighted by Gasteiger charge is -2.64. The second kappa shape index (κ2) is 2.77. The number of carbonyl (C=O) groups is 1. The molecule has 4 heterocycles. The van der Waals surface area contributed by atoms with E-state index in [0.29, 0.717) is 5.78 Å². The van der Waals surface area contributed by atoms with Gasteiger partial charge in [0.1, 0.15) is 6.67 Å². The van der Waals surface area contributed by atoms with Crippen LogP contribution < -0.4 is 0 Å². The van der Waals surface area contributed by atoms with Crippen LogP contribution >= 0.6 is 0 Å². The van der Waals surface area contributed by atoms with Gasteiger partial charge in [-0.1, -0.05) is 6.58 Å². The highest BCUT2D eigenvalue weighted by Crippen LogP contribution is 2.49. The Kier molecular flexibility index (Phi) is 1.81. The number of nitrogens with zero attached hydrogens (tertiary/aromatic N) is 2. The summed E-state index contributed by atoms with van der Waals surface area (Å²) in [6.07, 6.45) is 2.02. The molecule has 0 aromatic heterocycles. The van der Waals surface area contributed by atoms with Gasteiger partial charge in [0.25, 0.3) is 0 Å². The van der Waals surface area contributed by atoms with Crippen molar-refractivity contribution >= 4 is 5.78 Å². The van der Waals surface area contributed by atoms with Crippen LogP contribution in [0.25, 0.3) is 0 Å². The third kappa shape index (κ3) is 1.13. The lowest BCUT2D eigenvalue weighted by molar-refractivity contribution is -0.958. The maximum atomic E-state index is 12.5. The van der Waals surface area contributed by atoms with Gasteiger partial charge < -0.3 is 4.48 Å². The van der Waals surface area contributed by atoms with Crippen LogP contribution in [0.5, 0.6) is 0 Å². The number of Topliss-reactive ketones (excluding diaryl/α,β-unsaturated/α-hetero) is 1. The molecule has 0 amide bonds. The van der Waals surface area contributed by atoms with E-state index >= 15 is 0 Å². The zero-order valence-corrected chi connectivity index (χ0v) is 10.3. The largest absolute Gasteiger partial charge is 0.306 e. The Morgan fingerprint density at radius 3 is 2.44 bits per heavy atom. The Morgan fingerprint density at radius 1 is 1.38 bits per heavy atom. The van der Waals surface area contributed by atoms with E-state index in [0.717, 1.165) is 43.9 Å². The molecule has 4 aliphatic rings. The Morgan fingerprint density at radius 2 is 1.94 bits per heavy atom. The van der Waals surface area contributed by atoms with Gasteiger partial charge in [0.15, 0.2) is 5.78 Å². The molecule has 2 atom stereocenters. The molecule has 4 aliphatic heterocycles. The third-order valence-electron chi connectivity index (χ3n) is 4.63. The molecular formula is C13H21N2O+. The fraction of sp³-hybridized carbons (Fsp3) is 0.769. The molecule has 4 rings (SSSR count). The third-order valence-corrected chi connectivity index (χ3v) is 4.63. The molecule has 0 N–H and O–H groups in total. The van der Waals surface area contributed by atoms with Crippen LogP contribution in [0.4, 0.5) is 0 Å². The summed E-state index contributed by atoms with van der Waals surface area (Å²) in [4.78, 5) is 15.0. The predicted octanol–water partition coefficient (Wildman–Crippen LogP) is 0.871. The SMILES string of the molecule is C=CC[N+]12CN3CC(C)(C1)C(=O)C(C)(C3)C2. The summed E-state index contributed by atoms with van der Waals surface area (Å²) < 4.78 is 1.06. The first-order valence-electron chi connectivity index (χ1n) is 6.15. The zero-order chi connectivity index (χ0) is 11.6. The molecule has 0 radical (unpaired) electrons. The van der Waals surface area contributed by atoms with Crippen LogP contribution in [0.3, 0.4) is 0 Å². The Bertz CT molecular complexity index is 354. The second-order valence-corrected chi connectivity index (χ2v) is 6.71. The zero-order valence-electron chi connectivity index (χ0n) is 10.3. The average Bonchev–Trinajstić information content (AvgIpc) is 2.12. The van der Waals surface area contributed by atoms with Crippen molar-refractivity contribution in [3.8, 4) is 0 Å². The van der Waals surface area contributed by atoms with E-state index in [1.807, 2.05) is 6.08 Å². The van der Waals surface area contributed by atoms with Gasteiger partial charge in [0, 0.05) is 13.1 Å². The second-order valence-electron chi connectivity index (χ2n) is 6.71. The highest BCUT2D eigenvalue weighted by atomic mass is 16.1. The van der Waals surface area contributed by atoms with Gasteiger partial charge >= 0.3 is 0 Å². The average molecular weight is 221 g/mol. The van der Waals surface area contributed by atoms with Crippen LogP contribution in [-0.2, 0) is 4.79 Å². The number of piperidine rings is 2. The van der Waals surface area contributed by atoms with Gasteiger partial charge in [0.05, 0.1) is 30.5 Å². The van der Waals surface area contributed by atoms with Crippen molar-refractivity contribution in [1.29, 1.82) is 0 Å². The standard InChI is InChI=1S/C13H21N2O/c1-4-5-15-8-12(2)6-14(10-15)7-13(3,9-15)11(12)16/h4H,1,5-10H2,2-3H3/q+1. The lowest BCUT2D eigenvalue weighted by Crippen LogP contribution is -2.81. The monoisotopic (exact) mass is 221 g/mol. The first-order chi connectivity index (χ1) is 7.41. The number of ketones is 1. The summed E-state index contributed by atoms with van der Waals surface area (Å²) in [6, 6.07) is 0. The van der Waals surface area contributed by atoms with E-state index in [4.69, 9.17) is 0 Å². The molecule has 0 aliphatic carbocycles. The van der Waals surface area contributed by atoms with Crippen LogP contribution in [0, 0.1) is 10.8 Å². The summed E-state index contributed by atoms with van der Waals surface area (Å²) in [6.45, 7) is 14.3. The minimum Gasteiger partial charge on any atom is -0.306 e. The predicted molar refractivity (Wildman–Crippen MR) is 62.7 cm³/mol. The fourth-order valence-electron chi connectivity index (χ4n) is 4.78. The van der Waals surface area contributed by atoms with Crippen molar-refractivity contribution in [2.75, 3.05) is 39.4 Å². The number of carbonyl (C=O) groups excluding carboxylic acids is 1. The number of rotatable bonds is 2. The van der Waals surface area contributed by atoms with Crippen molar-refractivity contribution in [2.45, 2.75) is 13.8 Å². The highest BCUT2D eigenvalue weighted by molar-refractivity contribution is 5.92. The Balaban J connectivity index is 2.05. The number of hydrogen-bond donors (Lipinski definition) is 0. The lowest BCUT2D eigenvalue weighted by atomic mass is 9.62. The quantitative estimate of drug-likeness (QED) is 0.509. The molecular weight excluding hydrogens is 200 g/mol. The minimum atomic E-state index is -0.105. The van der Waals surface area contributed by atoms with Gasteiger partial charge in [-0.3, -0.25) is 9.69 Å². The molecule has 0 spiro atoms. The minimum absolute atomic E-state index is 0.105. The van der Waals surface area contributed by atoms with Crippen molar-refractivity contribution in [2.24, 2.45) is 10.8 Å². The number of quaternary nitrogens is 1. The van der Waals surface area contributed by atoms with E-state index in [-0.39, 0.29) is 10.8 Å². The van der Waals surface area contributed by atoms with Crippen molar-refractivity contribution in [3.63, 3.8) is 0 Å². The molecule has 3 nitrogen and oxygen atoms in total. The molecule has 0 aromatic carbocycles. The van der Waals surface area contributed by atoms with Gasteiger partial charge in [-0.25, -0.2) is 0 Å². The summed E-state index contributed by atoms with van der Waals surface area (Å²) in [7, 11) is 0. The van der Waals surface area contributed by atoms with Crippen molar-refractivity contribution < 1.29 is 9.28 Å². The van der Waals surface area contributed by atoms with E-state index in [1.165, 1.54) is 0 Å². The van der Waals surface area contributed by atoms with Gasteiger partial charge in [-0.05, 0) is 19.9 Å². The first-order valence-corrected chi connectivity index (χ1v) is 6.15. The Hall–Kier alpha value is -0.670. The highest BCUT2D eigenvalue weighted by Gasteiger charge is 2.65. The van der Waals surface area contributed by atoms with Crippen molar-refractivity contribution in [1.82, 2.24) is 4.90 Å².